The molecule has 0 aliphatic rings. The van der Waals surface area contributed by atoms with Crippen LogP contribution in [0.1, 0.15) is 348 Å². The summed E-state index contributed by atoms with van der Waals surface area (Å²) in [6.07, 6.45) is 78.3. The van der Waals surface area contributed by atoms with Gasteiger partial charge in [-0.25, -0.2) is 4.57 Å². The average molecular weight is 1170 g/mol. The number of nitrogens with one attached hydrogen (secondary N) is 1. The van der Waals surface area contributed by atoms with Gasteiger partial charge in [0.15, 0.2) is 0 Å². The Morgan fingerprint density at radius 3 is 1.13 bits per heavy atom. The maximum atomic E-state index is 13.6. The van der Waals surface area contributed by atoms with Crippen molar-refractivity contribution in [3.63, 3.8) is 0 Å². The van der Waals surface area contributed by atoms with E-state index in [1.807, 2.05) is 33.3 Å². The molecule has 0 bridgehead atoms. The normalized spacial score (nSPS) is 13.8. The molecule has 2 N–H and O–H groups in total. The van der Waals surface area contributed by atoms with Gasteiger partial charge in [-0.05, 0) is 89.5 Å². The van der Waals surface area contributed by atoms with Crippen LogP contribution in [0.4, 0.5) is 0 Å². The minimum atomic E-state index is -4.45. The minimum absolute atomic E-state index is 0.0413. The third-order valence-electron chi connectivity index (χ3n) is 16.0. The van der Waals surface area contributed by atoms with Crippen molar-refractivity contribution in [2.75, 3.05) is 40.9 Å². The molecule has 0 heterocycles. The van der Waals surface area contributed by atoms with Crippen LogP contribution >= 0.6 is 7.82 Å². The molecule has 3 unspecified atom stereocenters. The quantitative estimate of drug-likeness (QED) is 0.0205. The minimum Gasteiger partial charge on any atom is -0.456 e. The fourth-order valence-electron chi connectivity index (χ4n) is 10.5. The van der Waals surface area contributed by atoms with E-state index in [1.54, 1.807) is 0 Å². The van der Waals surface area contributed by atoms with Crippen LogP contribution in [0.3, 0.4) is 0 Å². The Morgan fingerprint density at radius 1 is 0.427 bits per heavy atom. The van der Waals surface area contributed by atoms with Gasteiger partial charge in [0.2, 0.25) is 5.91 Å². The van der Waals surface area contributed by atoms with Crippen molar-refractivity contribution in [3.8, 4) is 0 Å². The van der Waals surface area contributed by atoms with Crippen molar-refractivity contribution in [2.24, 2.45) is 0 Å². The number of carbonyl (C=O) groups is 2. The molecule has 10 heteroatoms. The molecule has 0 radical (unpaired) electrons. The first-order valence-corrected chi connectivity index (χ1v) is 37.0. The van der Waals surface area contributed by atoms with Gasteiger partial charge in [-0.3, -0.25) is 18.6 Å². The summed E-state index contributed by atoms with van der Waals surface area (Å²) in [4.78, 5) is 37.9. The number of rotatable bonds is 65. The van der Waals surface area contributed by atoms with Gasteiger partial charge in [0.05, 0.1) is 33.8 Å². The summed E-state index contributed by atoms with van der Waals surface area (Å²) in [5, 5.41) is 3.07. The zero-order valence-electron chi connectivity index (χ0n) is 55.2. The molecule has 0 fully saturated rings. The van der Waals surface area contributed by atoms with E-state index in [0.717, 1.165) is 64.2 Å². The summed E-state index contributed by atoms with van der Waals surface area (Å²) in [6.45, 7) is 7.03. The maximum Gasteiger partial charge on any atom is 0.472 e. The molecular weight excluding hydrogens is 1040 g/mol. The molecule has 9 nitrogen and oxygen atoms in total. The van der Waals surface area contributed by atoms with Gasteiger partial charge in [0.1, 0.15) is 19.3 Å². The van der Waals surface area contributed by atoms with Gasteiger partial charge in [0, 0.05) is 12.8 Å². The second-order valence-electron chi connectivity index (χ2n) is 25.4. The van der Waals surface area contributed by atoms with Crippen molar-refractivity contribution in [1.29, 1.82) is 0 Å². The zero-order chi connectivity index (χ0) is 60.0. The van der Waals surface area contributed by atoms with Crippen LogP contribution in [0.5, 0.6) is 0 Å². The maximum absolute atomic E-state index is 13.6. The smallest absolute Gasteiger partial charge is 0.456 e. The van der Waals surface area contributed by atoms with Crippen molar-refractivity contribution < 1.29 is 37.3 Å². The van der Waals surface area contributed by atoms with Gasteiger partial charge in [-0.2, -0.15) is 0 Å². The Morgan fingerprint density at radius 2 is 0.744 bits per heavy atom. The van der Waals surface area contributed by atoms with Gasteiger partial charge in [0.25, 0.3) is 0 Å². The summed E-state index contributed by atoms with van der Waals surface area (Å²) >= 11 is 0. The highest BCUT2D eigenvalue weighted by atomic mass is 31.2. The van der Waals surface area contributed by atoms with Gasteiger partial charge >= 0.3 is 13.8 Å². The Hall–Kier alpha value is -2.03. The zero-order valence-corrected chi connectivity index (χ0v) is 56.1. The highest BCUT2D eigenvalue weighted by Gasteiger charge is 2.30. The van der Waals surface area contributed by atoms with Crippen LogP contribution in [-0.4, -0.2) is 74.3 Å². The van der Waals surface area contributed by atoms with Crippen molar-refractivity contribution in [2.45, 2.75) is 360 Å². The lowest BCUT2D eigenvalue weighted by Crippen LogP contribution is -2.47. The number of allylic oxidation sites excluding steroid dienone is 7. The molecule has 0 rings (SSSR count). The Kier molecular flexibility index (Phi) is 60.5. The van der Waals surface area contributed by atoms with E-state index >= 15 is 0 Å². The monoisotopic (exact) mass is 1170 g/mol. The molecule has 0 saturated heterocycles. The highest BCUT2D eigenvalue weighted by Crippen LogP contribution is 2.43. The average Bonchev–Trinajstić information content (AvgIpc) is 3.47. The fourth-order valence-corrected chi connectivity index (χ4v) is 11.2. The number of esters is 1. The number of phosphoric acid groups is 1. The molecule has 0 spiro atoms. The number of carbonyl (C=O) groups excluding carboxylic acids is 2. The number of unbranched alkanes of at least 4 members (excludes halogenated alkanes) is 43. The Bertz CT molecular complexity index is 1540. The first kappa shape index (κ1) is 80.0. The highest BCUT2D eigenvalue weighted by molar-refractivity contribution is 7.47. The number of hydrogen-bond donors (Lipinski definition) is 2. The molecule has 0 aromatic carbocycles. The lowest BCUT2D eigenvalue weighted by molar-refractivity contribution is -0.870. The van der Waals surface area contributed by atoms with Gasteiger partial charge in [-0.1, -0.05) is 294 Å². The third-order valence-corrected chi connectivity index (χ3v) is 17.0. The largest absolute Gasteiger partial charge is 0.472 e. The number of phosphoric ester groups is 1. The molecule has 0 aromatic rings. The predicted octanol–water partition coefficient (Wildman–Crippen LogP) is 22.4. The predicted molar refractivity (Wildman–Crippen MR) is 355 cm³/mol. The van der Waals surface area contributed by atoms with E-state index in [0.29, 0.717) is 23.9 Å². The van der Waals surface area contributed by atoms with Gasteiger partial charge < -0.3 is 19.4 Å². The van der Waals surface area contributed by atoms with Crippen molar-refractivity contribution in [3.05, 3.63) is 48.6 Å². The van der Waals surface area contributed by atoms with E-state index in [2.05, 4.69) is 62.5 Å². The number of quaternary nitrogens is 1. The molecule has 0 aromatic heterocycles. The van der Waals surface area contributed by atoms with Crippen molar-refractivity contribution in [1.82, 2.24) is 5.32 Å². The van der Waals surface area contributed by atoms with E-state index in [9.17, 15) is 19.0 Å². The molecule has 482 valence electrons. The number of nitrogens with zero attached hydrogens (tertiary/aromatic N) is 1. The topological polar surface area (TPSA) is 111 Å². The first-order chi connectivity index (χ1) is 39.9. The lowest BCUT2D eigenvalue weighted by Gasteiger charge is -2.27. The number of hydrogen-bond acceptors (Lipinski definition) is 6. The molecule has 3 atom stereocenters. The first-order valence-electron chi connectivity index (χ1n) is 35.5. The molecule has 0 aliphatic heterocycles. The van der Waals surface area contributed by atoms with Crippen LogP contribution in [-0.2, 0) is 27.9 Å². The molecule has 0 saturated carbocycles. The van der Waals surface area contributed by atoms with Crippen LogP contribution in [0, 0.1) is 0 Å². The number of ether oxygens (including phenoxy) is 1. The van der Waals surface area contributed by atoms with E-state index in [1.165, 1.54) is 250 Å². The fraction of sp³-hybridized carbons (Fsp3) is 0.861. The summed E-state index contributed by atoms with van der Waals surface area (Å²) in [6, 6.07) is -0.848. The Balaban J connectivity index is 5.06. The number of amides is 1. The number of likely N-dealkylation sites (N-methyl/N-ethyl adjacent to an activating group) is 1. The summed E-state index contributed by atoms with van der Waals surface area (Å²) in [7, 11) is 1.51. The van der Waals surface area contributed by atoms with Crippen molar-refractivity contribution >= 4 is 19.7 Å². The second-order valence-corrected chi connectivity index (χ2v) is 26.9. The summed E-state index contributed by atoms with van der Waals surface area (Å²) in [5.41, 5.74) is 0. The molecule has 1 amide bonds. The van der Waals surface area contributed by atoms with Gasteiger partial charge in [-0.15, -0.1) is 0 Å². The lowest BCUT2D eigenvalue weighted by atomic mass is 10.0. The standard InChI is InChI=1S/C72H137N2O7P/c1-7-10-13-16-19-22-25-28-30-32-34-36-37-39-40-42-44-46-49-52-55-58-61-64-71(75)73-69(68-80-82(77,78)79-67-66-74(4,5)6)70(63-60-57-54-51-48-27-24-21-18-15-12-9-3)81-72(76)65-62-59-56-53-50-47-45-43-41-38-35-33-31-29-26-23-20-17-14-11-8-2/h19,22,28-31,60,63,69-70H,7-18,20-21,23-27,32-59,61-62,64-68H2,1-6H3,(H-,73,75,77,78)/p+1/b22-19-,30-28-,31-29+,63-60+. The molecule has 82 heavy (non-hydrogen) atoms. The van der Waals surface area contributed by atoms with Crippen LogP contribution in [0.2, 0.25) is 0 Å². The van der Waals surface area contributed by atoms with E-state index in [4.69, 9.17) is 13.8 Å². The van der Waals surface area contributed by atoms with E-state index < -0.39 is 20.0 Å². The molecular formula is C72H138N2O7P+. The van der Waals surface area contributed by atoms with Crippen LogP contribution in [0.25, 0.3) is 0 Å². The van der Waals surface area contributed by atoms with Crippen LogP contribution in [0.15, 0.2) is 48.6 Å². The third kappa shape index (κ3) is 62.5. The second kappa shape index (κ2) is 62.0. The molecule has 0 aliphatic carbocycles. The SMILES string of the molecule is CCCCC/C=C\C/C=C\CCCCCCCCCCCCCCCC(=O)NC(COP(=O)(O)OCC[N+](C)(C)C)C(/C=C/CCCCCCCCCCCC)OC(=O)CCCCCCCCCCCCC/C=C/CCCCCCCC. The van der Waals surface area contributed by atoms with E-state index in [-0.39, 0.29) is 25.1 Å². The Labute approximate surface area is 509 Å². The summed E-state index contributed by atoms with van der Waals surface area (Å²) in [5.74, 6) is -0.492. The summed E-state index contributed by atoms with van der Waals surface area (Å²) < 4.78 is 30.8. The van der Waals surface area contributed by atoms with Crippen LogP contribution < -0.4 is 5.32 Å².